The van der Waals surface area contributed by atoms with Crippen molar-refractivity contribution in [1.82, 2.24) is 24.7 Å². The average Bonchev–Trinajstić information content (AvgIpc) is 3.88. The number of hydrogen-bond acceptors (Lipinski definition) is 13. The third-order valence-electron chi connectivity index (χ3n) is 8.05. The van der Waals surface area contributed by atoms with E-state index >= 15 is 0 Å². The van der Waals surface area contributed by atoms with E-state index in [9.17, 15) is 10.1 Å². The zero-order valence-corrected chi connectivity index (χ0v) is 32.3. The van der Waals surface area contributed by atoms with E-state index in [1.54, 1.807) is 89.9 Å². The number of para-hydroxylation sites is 2. The van der Waals surface area contributed by atoms with Gasteiger partial charge in [-0.15, -0.1) is 0 Å². The van der Waals surface area contributed by atoms with Crippen LogP contribution in [-0.2, 0) is 36.1 Å². The lowest BCUT2D eigenvalue weighted by Crippen LogP contribution is -2.34. The first-order chi connectivity index (χ1) is 27.7. The van der Waals surface area contributed by atoms with Crippen LogP contribution < -0.4 is 14.2 Å². The van der Waals surface area contributed by atoms with Crippen molar-refractivity contribution < 1.29 is 38.0 Å². The molecule has 2 aromatic heterocycles. The van der Waals surface area contributed by atoms with Crippen molar-refractivity contribution in [3.05, 3.63) is 149 Å². The third-order valence-corrected chi connectivity index (χ3v) is 8.62. The van der Waals surface area contributed by atoms with Crippen LogP contribution in [0.1, 0.15) is 23.6 Å². The van der Waals surface area contributed by atoms with Gasteiger partial charge in [-0.2, -0.15) is 10.4 Å². The van der Waals surface area contributed by atoms with Crippen LogP contribution >= 0.6 is 23.2 Å². The number of methoxy groups -OCH3 is 2. The molecule has 7 rings (SSSR count). The highest BCUT2D eigenvalue weighted by Crippen LogP contribution is 2.41. The molecule has 57 heavy (non-hydrogen) atoms. The highest BCUT2D eigenvalue weighted by atomic mass is 35.5. The molecule has 2 atom stereocenters. The van der Waals surface area contributed by atoms with Crippen molar-refractivity contribution in [2.45, 2.75) is 25.4 Å². The van der Waals surface area contributed by atoms with Crippen molar-refractivity contribution in [1.29, 1.82) is 5.26 Å². The molecule has 0 radical (unpaired) electrons. The molecular weight excluding hydrogens is 775 g/mol. The second-order valence-corrected chi connectivity index (χ2v) is 12.9. The molecule has 4 aromatic carbocycles. The largest absolute Gasteiger partial charge is 0.503 e. The van der Waals surface area contributed by atoms with E-state index in [2.05, 4.69) is 26.1 Å². The van der Waals surface area contributed by atoms with Gasteiger partial charge in [-0.25, -0.2) is 24.4 Å². The molecule has 1 aliphatic rings. The molecule has 6 aromatic rings. The van der Waals surface area contributed by atoms with Gasteiger partial charge in [-0.05, 0) is 67.6 Å². The number of aromatic nitrogens is 5. The Balaban J connectivity index is 0.000000194. The number of benzene rings is 4. The SMILES string of the molecule is CC1COC(Cn2cncn2)(c2ccc(Oc3ccc(Cl)cc3)cc2Cl)O1.CO/C=C(/C(=O)OC)c1ccccc1Oc1cc(Oc2ccccc2C#N)ncn1. The lowest BCUT2D eigenvalue weighted by Gasteiger charge is -2.29. The fraction of sp³-hybridized carbons (Fsp3) is 0.171. The number of rotatable bonds is 12. The molecule has 0 N–H and O–H groups in total. The summed E-state index contributed by atoms with van der Waals surface area (Å²) in [6.07, 6.45) is 5.57. The van der Waals surface area contributed by atoms with Gasteiger partial charge in [0.2, 0.25) is 17.5 Å². The number of halogens is 2. The molecule has 0 bridgehead atoms. The standard InChI is InChI=1S/C22H17N3O5.C19H17Cl2N3O3/c1-27-13-17(22(26)28-2)16-8-4-6-10-19(16)30-21-11-20(24-14-25-21)29-18-9-5-3-7-15(18)12-23;1-13-9-25-19(27-13,10-24-12-22-11-23-24)17-7-6-16(8-18(17)21)26-15-4-2-14(20)3-5-15/h3-11,13-14H,1-2H3;2-8,11-13H,9-10H2,1H3/b17-13+;. The molecule has 14 nitrogen and oxygen atoms in total. The third kappa shape index (κ3) is 10.2. The zero-order valence-electron chi connectivity index (χ0n) is 30.7. The molecule has 1 saturated heterocycles. The Morgan fingerprint density at radius 2 is 1.61 bits per heavy atom. The van der Waals surface area contributed by atoms with E-state index in [4.69, 9.17) is 56.4 Å². The normalized spacial score (nSPS) is 16.1. The number of carbonyl (C=O) groups is 1. The number of esters is 1. The van der Waals surface area contributed by atoms with Gasteiger partial charge >= 0.3 is 5.97 Å². The quantitative estimate of drug-likeness (QED) is 0.0656. The predicted octanol–water partition coefficient (Wildman–Crippen LogP) is 8.76. The second kappa shape index (κ2) is 18.9. The molecule has 0 amide bonds. The van der Waals surface area contributed by atoms with Crippen LogP contribution in [0.15, 0.2) is 122 Å². The van der Waals surface area contributed by atoms with Crippen LogP contribution in [0.25, 0.3) is 5.57 Å². The lowest BCUT2D eigenvalue weighted by molar-refractivity contribution is -0.186. The average molecular weight is 810 g/mol. The van der Waals surface area contributed by atoms with E-state index in [-0.39, 0.29) is 23.4 Å². The van der Waals surface area contributed by atoms with E-state index in [0.29, 0.717) is 62.9 Å². The smallest absolute Gasteiger partial charge is 0.341 e. The van der Waals surface area contributed by atoms with E-state index in [0.717, 1.165) is 0 Å². The Morgan fingerprint density at radius 3 is 2.26 bits per heavy atom. The molecule has 290 valence electrons. The number of nitrogens with zero attached hydrogens (tertiary/aromatic N) is 6. The minimum Gasteiger partial charge on any atom is -0.503 e. The highest BCUT2D eigenvalue weighted by Gasteiger charge is 2.44. The number of nitriles is 1. The Bertz CT molecular complexity index is 2370. The molecule has 0 spiro atoms. The van der Waals surface area contributed by atoms with Gasteiger partial charge in [0.05, 0.1) is 49.8 Å². The zero-order chi connectivity index (χ0) is 40.2. The molecular formula is C41H34Cl2N6O8. The highest BCUT2D eigenvalue weighted by molar-refractivity contribution is 6.31. The molecule has 0 saturated carbocycles. The summed E-state index contributed by atoms with van der Waals surface area (Å²) in [6.45, 7) is 2.76. The minimum atomic E-state index is -1.02. The van der Waals surface area contributed by atoms with E-state index < -0.39 is 11.8 Å². The maximum absolute atomic E-state index is 12.1. The van der Waals surface area contributed by atoms with Gasteiger partial charge in [0.25, 0.3) is 0 Å². The Labute approximate surface area is 337 Å². The molecule has 16 heteroatoms. The van der Waals surface area contributed by atoms with Crippen LogP contribution in [0, 0.1) is 11.3 Å². The van der Waals surface area contributed by atoms with Crippen molar-refractivity contribution in [2.75, 3.05) is 20.8 Å². The summed E-state index contributed by atoms with van der Waals surface area (Å²) in [5.74, 6) is 0.769. The first kappa shape index (κ1) is 40.2. The molecule has 3 heterocycles. The summed E-state index contributed by atoms with van der Waals surface area (Å²) >= 11 is 12.5. The van der Waals surface area contributed by atoms with Gasteiger partial charge in [-0.3, -0.25) is 0 Å². The summed E-state index contributed by atoms with van der Waals surface area (Å²) < 4.78 is 41.0. The predicted molar refractivity (Wildman–Crippen MR) is 208 cm³/mol. The van der Waals surface area contributed by atoms with Crippen molar-refractivity contribution in [3.8, 4) is 40.8 Å². The summed E-state index contributed by atoms with van der Waals surface area (Å²) in [5.41, 5.74) is 1.73. The van der Waals surface area contributed by atoms with Crippen LogP contribution in [0.2, 0.25) is 10.0 Å². The van der Waals surface area contributed by atoms with Gasteiger partial charge in [0.1, 0.15) is 60.2 Å². The fourth-order valence-electron chi connectivity index (χ4n) is 5.52. The van der Waals surface area contributed by atoms with Gasteiger partial charge in [0, 0.05) is 16.1 Å². The minimum absolute atomic E-state index is 0.0606. The van der Waals surface area contributed by atoms with Crippen LogP contribution in [0.5, 0.6) is 34.8 Å². The Kier molecular flexibility index (Phi) is 13.3. The summed E-state index contributed by atoms with van der Waals surface area (Å²) in [7, 11) is 2.71. The van der Waals surface area contributed by atoms with Crippen molar-refractivity contribution in [3.63, 3.8) is 0 Å². The van der Waals surface area contributed by atoms with Gasteiger partial charge < -0.3 is 33.2 Å². The Morgan fingerprint density at radius 1 is 0.912 bits per heavy atom. The Hall–Kier alpha value is -6.50. The number of hydrogen-bond donors (Lipinski definition) is 0. The lowest BCUT2D eigenvalue weighted by atomic mass is 10.1. The van der Waals surface area contributed by atoms with Crippen LogP contribution in [0.4, 0.5) is 0 Å². The number of carbonyl (C=O) groups excluding carboxylic acids is 1. The monoisotopic (exact) mass is 808 g/mol. The molecule has 2 unspecified atom stereocenters. The topological polar surface area (TPSA) is 162 Å². The first-order valence-electron chi connectivity index (χ1n) is 17.2. The number of ether oxygens (including phenoxy) is 7. The maximum Gasteiger partial charge on any atom is 0.341 e. The first-order valence-corrected chi connectivity index (χ1v) is 17.9. The molecule has 1 fully saturated rings. The second-order valence-electron chi connectivity index (χ2n) is 12.0. The molecule has 1 aliphatic heterocycles. The van der Waals surface area contributed by atoms with Gasteiger partial charge in [-0.1, -0.05) is 53.5 Å². The van der Waals surface area contributed by atoms with Crippen molar-refractivity contribution >= 4 is 34.7 Å². The fourth-order valence-corrected chi connectivity index (χ4v) is 5.96. The van der Waals surface area contributed by atoms with E-state index in [1.807, 2.05) is 19.1 Å². The van der Waals surface area contributed by atoms with E-state index in [1.165, 1.54) is 39.2 Å². The van der Waals surface area contributed by atoms with Crippen LogP contribution in [0.3, 0.4) is 0 Å². The van der Waals surface area contributed by atoms with Crippen molar-refractivity contribution in [2.24, 2.45) is 0 Å². The maximum atomic E-state index is 12.1. The van der Waals surface area contributed by atoms with Crippen LogP contribution in [-0.4, -0.2) is 57.6 Å². The summed E-state index contributed by atoms with van der Waals surface area (Å²) in [6, 6.07) is 29.7. The van der Waals surface area contributed by atoms with Gasteiger partial charge in [0.15, 0.2) is 0 Å². The summed E-state index contributed by atoms with van der Waals surface area (Å²) in [4.78, 5) is 24.2. The summed E-state index contributed by atoms with van der Waals surface area (Å²) in [5, 5.41) is 14.5. The molecule has 0 aliphatic carbocycles.